The molecule has 0 radical (unpaired) electrons. The number of aliphatic hydroxyl groups excluding tert-OH is 1. The maximum absolute atomic E-state index is 12.8. The van der Waals surface area contributed by atoms with Gasteiger partial charge in [-0.3, -0.25) is 0 Å². The number of benzene rings is 1. The summed E-state index contributed by atoms with van der Waals surface area (Å²) in [6, 6.07) is 7.62. The van der Waals surface area contributed by atoms with Crippen molar-refractivity contribution >= 4 is 10.0 Å². The van der Waals surface area contributed by atoms with Crippen LogP contribution in [0.15, 0.2) is 40.7 Å². The summed E-state index contributed by atoms with van der Waals surface area (Å²) in [6.07, 6.45) is 1.48. The van der Waals surface area contributed by atoms with Crippen LogP contribution < -0.4 is 0 Å². The molecule has 0 saturated carbocycles. The Morgan fingerprint density at radius 3 is 2.70 bits per heavy atom. The van der Waals surface area contributed by atoms with E-state index in [9.17, 15) is 18.8 Å². The van der Waals surface area contributed by atoms with Crippen molar-refractivity contribution in [2.75, 3.05) is 13.2 Å². The third kappa shape index (κ3) is 3.05. The molecule has 0 amide bonds. The molecule has 124 valence electrons. The molecular formula is C16H20N2O4S. The van der Waals surface area contributed by atoms with Gasteiger partial charge in [0.2, 0.25) is 10.0 Å². The predicted octanol–water partition coefficient (Wildman–Crippen LogP) is 2.86. The van der Waals surface area contributed by atoms with Gasteiger partial charge in [0.05, 0.1) is 17.5 Å². The lowest BCUT2D eigenvalue weighted by atomic mass is 9.99. The number of nitriles is 1. The molecule has 0 bridgehead atoms. The van der Waals surface area contributed by atoms with Crippen molar-refractivity contribution in [3.8, 4) is 6.07 Å². The van der Waals surface area contributed by atoms with Gasteiger partial charge in [-0.1, -0.05) is 31.5 Å². The van der Waals surface area contributed by atoms with Crippen molar-refractivity contribution in [3.05, 3.63) is 41.3 Å². The Bertz CT molecular complexity index is 750. The highest BCUT2D eigenvalue weighted by molar-refractivity contribution is 7.89. The second-order valence-electron chi connectivity index (χ2n) is 5.17. The Kier molecular flexibility index (Phi) is 5.29. The minimum Gasteiger partial charge on any atom is -0.480 e. The second kappa shape index (κ2) is 7.02. The van der Waals surface area contributed by atoms with Gasteiger partial charge in [-0.2, -0.15) is 9.57 Å². The molecule has 1 aromatic rings. The molecule has 6 nitrogen and oxygen atoms in total. The van der Waals surface area contributed by atoms with E-state index in [1.165, 1.54) is 10.4 Å². The molecule has 1 N–H and O–H groups in total. The van der Waals surface area contributed by atoms with E-state index < -0.39 is 22.0 Å². The number of nitrogens with zero attached hydrogens (tertiary/aromatic N) is 2. The van der Waals surface area contributed by atoms with Crippen molar-refractivity contribution in [1.29, 1.82) is 5.26 Å². The molecule has 0 aliphatic carbocycles. The first-order valence-electron chi connectivity index (χ1n) is 7.55. The van der Waals surface area contributed by atoms with Crippen LogP contribution in [-0.2, 0) is 14.8 Å². The largest absolute Gasteiger partial charge is 0.480 e. The van der Waals surface area contributed by atoms with Gasteiger partial charge in [-0.25, -0.2) is 8.42 Å². The first-order chi connectivity index (χ1) is 11.0. The summed E-state index contributed by atoms with van der Waals surface area (Å²) in [7, 11) is -3.69. The quantitative estimate of drug-likeness (QED) is 0.637. The fraction of sp³-hybridized carbons (Fsp3) is 0.438. The predicted molar refractivity (Wildman–Crippen MR) is 84.9 cm³/mol. The van der Waals surface area contributed by atoms with Gasteiger partial charge in [0.15, 0.2) is 0 Å². The summed E-state index contributed by atoms with van der Waals surface area (Å²) in [5.41, 5.74) is 0.405. The molecule has 0 fully saturated rings. The van der Waals surface area contributed by atoms with Crippen molar-refractivity contribution in [2.45, 2.75) is 37.6 Å². The Labute approximate surface area is 136 Å². The number of unbranched alkanes of at least 4 members (excludes halogenated alkanes) is 1. The van der Waals surface area contributed by atoms with Crippen LogP contribution in [-0.4, -0.2) is 31.0 Å². The smallest absolute Gasteiger partial charge is 0.293 e. The van der Waals surface area contributed by atoms with Crippen LogP contribution in [0.4, 0.5) is 0 Å². The summed E-state index contributed by atoms with van der Waals surface area (Å²) >= 11 is 0. The lowest BCUT2D eigenvalue weighted by Crippen LogP contribution is -2.31. The molecule has 1 heterocycles. The van der Waals surface area contributed by atoms with Gasteiger partial charge in [-0.05, 0) is 25.0 Å². The van der Waals surface area contributed by atoms with Crippen LogP contribution in [0.2, 0.25) is 0 Å². The molecule has 0 spiro atoms. The molecule has 1 aromatic carbocycles. The molecule has 23 heavy (non-hydrogen) atoms. The van der Waals surface area contributed by atoms with E-state index in [-0.39, 0.29) is 23.6 Å². The Balaban J connectivity index is 2.62. The topological polar surface area (TPSA) is 90.6 Å². The summed E-state index contributed by atoms with van der Waals surface area (Å²) in [6.45, 7) is 4.11. The van der Waals surface area contributed by atoms with Crippen molar-refractivity contribution in [1.82, 2.24) is 4.31 Å². The highest BCUT2D eigenvalue weighted by Crippen LogP contribution is 2.43. The minimum absolute atomic E-state index is 0.0866. The second-order valence-corrected chi connectivity index (χ2v) is 7.03. The van der Waals surface area contributed by atoms with E-state index in [0.29, 0.717) is 12.0 Å². The van der Waals surface area contributed by atoms with Gasteiger partial charge in [0, 0.05) is 6.54 Å². The zero-order chi connectivity index (χ0) is 17.0. The standard InChI is InChI=1S/C16H20N2O4S/c1-3-5-10-18-15(13(11-17)16(19)22-4-2)12-8-6-7-9-14(12)23(18,20)21/h6-9,15,19H,3-5,10H2,1-2H3/b16-13-. The first kappa shape index (κ1) is 17.3. The number of aliphatic hydroxyl groups is 1. The molecular weight excluding hydrogens is 316 g/mol. The Hall–Kier alpha value is -2.04. The number of fused-ring (bicyclic) bond motifs is 1. The molecule has 1 atom stereocenters. The van der Waals surface area contributed by atoms with Crippen molar-refractivity contribution in [2.24, 2.45) is 0 Å². The fourth-order valence-corrected chi connectivity index (χ4v) is 4.51. The third-order valence-corrected chi connectivity index (χ3v) is 5.66. The van der Waals surface area contributed by atoms with Crippen molar-refractivity contribution < 1.29 is 18.3 Å². The van der Waals surface area contributed by atoms with Gasteiger partial charge in [0.25, 0.3) is 5.95 Å². The van der Waals surface area contributed by atoms with Crippen molar-refractivity contribution in [3.63, 3.8) is 0 Å². The van der Waals surface area contributed by atoms with Gasteiger partial charge in [0.1, 0.15) is 11.6 Å². The average molecular weight is 336 g/mol. The molecule has 2 rings (SSSR count). The van der Waals surface area contributed by atoms with E-state index in [1.807, 2.05) is 13.0 Å². The maximum atomic E-state index is 12.8. The zero-order valence-corrected chi connectivity index (χ0v) is 14.0. The highest BCUT2D eigenvalue weighted by Gasteiger charge is 2.45. The maximum Gasteiger partial charge on any atom is 0.293 e. The lowest BCUT2D eigenvalue weighted by Gasteiger charge is -2.23. The highest BCUT2D eigenvalue weighted by atomic mass is 32.2. The number of rotatable bonds is 6. The normalized spacial score (nSPS) is 20.5. The monoisotopic (exact) mass is 336 g/mol. The number of hydrogen-bond donors (Lipinski definition) is 1. The summed E-state index contributed by atoms with van der Waals surface area (Å²) in [4.78, 5) is 0.179. The fourth-order valence-electron chi connectivity index (χ4n) is 2.66. The first-order valence-corrected chi connectivity index (χ1v) is 8.99. The molecule has 0 aromatic heterocycles. The van der Waals surface area contributed by atoms with Gasteiger partial charge < -0.3 is 9.84 Å². The van der Waals surface area contributed by atoms with Gasteiger partial charge >= 0.3 is 0 Å². The number of hydrogen-bond acceptors (Lipinski definition) is 5. The molecule has 7 heteroatoms. The average Bonchev–Trinajstić information content (AvgIpc) is 2.75. The number of sulfonamides is 1. The lowest BCUT2D eigenvalue weighted by molar-refractivity contribution is 0.0954. The van der Waals surface area contributed by atoms with E-state index in [4.69, 9.17) is 4.74 Å². The Morgan fingerprint density at radius 1 is 1.39 bits per heavy atom. The van der Waals surface area contributed by atoms with E-state index >= 15 is 0 Å². The summed E-state index contributed by atoms with van der Waals surface area (Å²) < 4.78 is 31.9. The van der Waals surface area contributed by atoms with Crippen LogP contribution >= 0.6 is 0 Å². The molecule has 1 unspecified atom stereocenters. The van der Waals surface area contributed by atoms with Crippen LogP contribution in [0.1, 0.15) is 38.3 Å². The zero-order valence-electron chi connectivity index (χ0n) is 13.2. The molecule has 1 aliphatic rings. The van der Waals surface area contributed by atoms with E-state index in [2.05, 4.69) is 0 Å². The van der Waals surface area contributed by atoms with Crippen LogP contribution in [0.5, 0.6) is 0 Å². The third-order valence-electron chi connectivity index (χ3n) is 3.73. The Morgan fingerprint density at radius 2 is 2.09 bits per heavy atom. The SMILES string of the molecule is CCCCN1C(/C(C#N)=C(/O)OCC)c2ccccc2S1(=O)=O. The summed E-state index contributed by atoms with van der Waals surface area (Å²) in [5, 5.41) is 19.5. The van der Waals surface area contributed by atoms with Gasteiger partial charge in [-0.15, -0.1) is 0 Å². The van der Waals surface area contributed by atoms with E-state index in [0.717, 1.165) is 6.42 Å². The molecule has 0 saturated heterocycles. The summed E-state index contributed by atoms with van der Waals surface area (Å²) in [5.74, 6) is -0.520. The van der Waals surface area contributed by atoms with Crippen LogP contribution in [0.25, 0.3) is 0 Å². The van der Waals surface area contributed by atoms with Crippen LogP contribution in [0, 0.1) is 11.3 Å². The minimum atomic E-state index is -3.69. The number of ether oxygens (including phenoxy) is 1. The van der Waals surface area contributed by atoms with Crippen LogP contribution in [0.3, 0.4) is 0 Å². The molecule has 1 aliphatic heterocycles. The van der Waals surface area contributed by atoms with E-state index in [1.54, 1.807) is 25.1 Å².